The second-order valence-corrected chi connectivity index (χ2v) is 7.46. The summed E-state index contributed by atoms with van der Waals surface area (Å²) in [5, 5.41) is 2.80. The van der Waals surface area contributed by atoms with Gasteiger partial charge in [0.1, 0.15) is 17.5 Å². The van der Waals surface area contributed by atoms with E-state index in [-0.39, 0.29) is 12.3 Å². The third kappa shape index (κ3) is 6.95. The van der Waals surface area contributed by atoms with Crippen LogP contribution < -0.4 is 10.1 Å². The third-order valence-corrected chi connectivity index (χ3v) is 3.82. The zero-order chi connectivity index (χ0) is 20.7. The van der Waals surface area contributed by atoms with Gasteiger partial charge < -0.3 is 19.5 Å². The van der Waals surface area contributed by atoms with Crippen molar-refractivity contribution in [2.24, 2.45) is 0 Å². The van der Waals surface area contributed by atoms with Crippen LogP contribution in [0.1, 0.15) is 44.4 Å². The molecule has 150 valence electrons. The summed E-state index contributed by atoms with van der Waals surface area (Å²) < 4.78 is 15.8. The fraction of sp³-hybridized carbons (Fsp3) is 0.364. The minimum atomic E-state index is -0.810. The molecule has 0 spiro atoms. The van der Waals surface area contributed by atoms with Gasteiger partial charge in [-0.3, -0.25) is 4.79 Å². The monoisotopic (exact) mass is 385 g/mol. The quantitative estimate of drug-likeness (QED) is 0.706. The first kappa shape index (κ1) is 21.3. The maximum absolute atomic E-state index is 12.5. The highest BCUT2D eigenvalue weighted by Gasteiger charge is 2.24. The van der Waals surface area contributed by atoms with Crippen molar-refractivity contribution in [1.82, 2.24) is 0 Å². The van der Waals surface area contributed by atoms with Crippen LogP contribution in [-0.4, -0.2) is 24.8 Å². The number of amides is 1. The molecule has 6 heteroatoms. The highest BCUT2D eigenvalue weighted by Crippen LogP contribution is 2.25. The molecule has 0 fully saturated rings. The van der Waals surface area contributed by atoms with Gasteiger partial charge in [0.2, 0.25) is 5.91 Å². The lowest BCUT2D eigenvalue weighted by Crippen LogP contribution is -2.27. The van der Waals surface area contributed by atoms with E-state index >= 15 is 0 Å². The molecule has 0 aliphatic heterocycles. The lowest BCUT2D eigenvalue weighted by atomic mass is 10.0. The SMILES string of the molecule is COc1ccc(NC(=O)CC(OC(=O)OC(C)(C)C)c2ccc(C)cc2)cc1. The van der Waals surface area contributed by atoms with Gasteiger partial charge in [-0.2, -0.15) is 0 Å². The van der Waals surface area contributed by atoms with Crippen molar-refractivity contribution >= 4 is 17.7 Å². The van der Waals surface area contributed by atoms with Gasteiger partial charge in [-0.05, 0) is 57.5 Å². The molecule has 0 aliphatic rings. The van der Waals surface area contributed by atoms with E-state index in [1.54, 1.807) is 52.1 Å². The third-order valence-electron chi connectivity index (χ3n) is 3.82. The number of hydrogen-bond acceptors (Lipinski definition) is 5. The molecule has 0 bridgehead atoms. The van der Waals surface area contributed by atoms with Crippen molar-refractivity contribution in [3.05, 3.63) is 59.7 Å². The summed E-state index contributed by atoms with van der Waals surface area (Å²) in [6, 6.07) is 14.5. The largest absolute Gasteiger partial charge is 0.509 e. The average Bonchev–Trinajstić information content (AvgIpc) is 2.61. The Morgan fingerprint density at radius 3 is 2.14 bits per heavy atom. The van der Waals surface area contributed by atoms with Crippen molar-refractivity contribution in [2.75, 3.05) is 12.4 Å². The molecular formula is C22H27NO5. The zero-order valence-corrected chi connectivity index (χ0v) is 16.9. The molecule has 2 rings (SSSR count). The Kier molecular flexibility index (Phi) is 7.04. The van der Waals surface area contributed by atoms with Gasteiger partial charge in [-0.1, -0.05) is 29.8 Å². The van der Waals surface area contributed by atoms with Crippen LogP contribution in [0, 0.1) is 6.92 Å². The van der Waals surface area contributed by atoms with Crippen molar-refractivity contribution < 1.29 is 23.8 Å². The maximum atomic E-state index is 12.5. The minimum absolute atomic E-state index is 0.0334. The van der Waals surface area contributed by atoms with E-state index < -0.39 is 17.9 Å². The molecule has 0 aromatic heterocycles. The molecule has 6 nitrogen and oxygen atoms in total. The van der Waals surface area contributed by atoms with Gasteiger partial charge in [-0.15, -0.1) is 0 Å². The van der Waals surface area contributed by atoms with Gasteiger partial charge in [0.05, 0.1) is 13.5 Å². The minimum Gasteiger partial charge on any atom is -0.497 e. The van der Waals surface area contributed by atoms with Gasteiger partial charge in [0.15, 0.2) is 0 Å². The number of aryl methyl sites for hydroxylation is 1. The van der Waals surface area contributed by atoms with E-state index in [1.807, 2.05) is 31.2 Å². The van der Waals surface area contributed by atoms with E-state index in [1.165, 1.54) is 0 Å². The standard InChI is InChI=1S/C22H27NO5/c1-15-6-8-16(9-7-15)19(27-21(25)28-22(2,3)4)14-20(24)23-17-10-12-18(26-5)13-11-17/h6-13,19H,14H2,1-5H3,(H,23,24). The lowest BCUT2D eigenvalue weighted by molar-refractivity contribution is -0.118. The first-order valence-electron chi connectivity index (χ1n) is 9.06. The normalized spacial score (nSPS) is 12.0. The molecule has 1 unspecified atom stereocenters. The molecular weight excluding hydrogens is 358 g/mol. The zero-order valence-electron chi connectivity index (χ0n) is 16.9. The predicted octanol–water partition coefficient (Wildman–Crippen LogP) is 5.03. The van der Waals surface area contributed by atoms with Crippen molar-refractivity contribution in [3.63, 3.8) is 0 Å². The molecule has 0 radical (unpaired) electrons. The Hall–Kier alpha value is -3.02. The number of methoxy groups -OCH3 is 1. The van der Waals surface area contributed by atoms with Crippen molar-refractivity contribution in [1.29, 1.82) is 0 Å². The highest BCUT2D eigenvalue weighted by molar-refractivity contribution is 5.91. The Labute approximate surface area is 165 Å². The summed E-state index contributed by atoms with van der Waals surface area (Å²) in [5.41, 5.74) is 1.75. The highest BCUT2D eigenvalue weighted by atomic mass is 16.7. The fourth-order valence-electron chi connectivity index (χ4n) is 2.45. The van der Waals surface area contributed by atoms with Crippen LogP contribution in [0.15, 0.2) is 48.5 Å². The summed E-state index contributed by atoms with van der Waals surface area (Å²) in [6.45, 7) is 7.23. The lowest BCUT2D eigenvalue weighted by Gasteiger charge is -2.23. The molecule has 1 atom stereocenters. The molecule has 2 aromatic rings. The first-order valence-corrected chi connectivity index (χ1v) is 9.06. The van der Waals surface area contributed by atoms with Crippen LogP contribution in [0.3, 0.4) is 0 Å². The number of carbonyl (C=O) groups excluding carboxylic acids is 2. The van der Waals surface area contributed by atoms with E-state index in [4.69, 9.17) is 14.2 Å². The molecule has 28 heavy (non-hydrogen) atoms. The number of carbonyl (C=O) groups is 2. The average molecular weight is 385 g/mol. The van der Waals surface area contributed by atoms with Crippen LogP contribution in [0.5, 0.6) is 5.75 Å². The van der Waals surface area contributed by atoms with Crippen LogP contribution in [0.2, 0.25) is 0 Å². The van der Waals surface area contributed by atoms with Crippen molar-refractivity contribution in [3.8, 4) is 5.75 Å². The van der Waals surface area contributed by atoms with Crippen LogP contribution in [0.4, 0.5) is 10.5 Å². The number of rotatable bonds is 6. The second kappa shape index (κ2) is 9.26. The molecule has 0 saturated carbocycles. The molecule has 2 aromatic carbocycles. The Morgan fingerprint density at radius 1 is 1.00 bits per heavy atom. The number of benzene rings is 2. The molecule has 1 amide bonds. The Balaban J connectivity index is 2.10. The number of nitrogens with one attached hydrogen (secondary N) is 1. The van der Waals surface area contributed by atoms with Gasteiger partial charge in [0.25, 0.3) is 0 Å². The topological polar surface area (TPSA) is 73.9 Å². The summed E-state index contributed by atoms with van der Waals surface area (Å²) in [4.78, 5) is 24.6. The number of ether oxygens (including phenoxy) is 3. The van der Waals surface area contributed by atoms with E-state index in [0.29, 0.717) is 11.4 Å². The number of hydrogen-bond donors (Lipinski definition) is 1. The molecule has 1 N–H and O–H groups in total. The van der Waals surface area contributed by atoms with Gasteiger partial charge in [-0.25, -0.2) is 4.79 Å². The maximum Gasteiger partial charge on any atom is 0.509 e. The van der Waals surface area contributed by atoms with Crippen molar-refractivity contribution in [2.45, 2.75) is 45.8 Å². The van der Waals surface area contributed by atoms with Crippen LogP contribution in [-0.2, 0) is 14.3 Å². The number of anilines is 1. The van der Waals surface area contributed by atoms with E-state index in [9.17, 15) is 9.59 Å². The Bertz CT molecular complexity index is 791. The van der Waals surface area contributed by atoms with Crippen LogP contribution in [0.25, 0.3) is 0 Å². The first-order chi connectivity index (χ1) is 13.2. The summed E-state index contributed by atoms with van der Waals surface area (Å²) in [6.07, 6.45) is -1.60. The molecule has 0 saturated heterocycles. The summed E-state index contributed by atoms with van der Waals surface area (Å²) >= 11 is 0. The Morgan fingerprint density at radius 2 is 1.61 bits per heavy atom. The second-order valence-electron chi connectivity index (χ2n) is 7.46. The van der Waals surface area contributed by atoms with Crippen LogP contribution >= 0.6 is 0 Å². The smallest absolute Gasteiger partial charge is 0.497 e. The fourth-order valence-corrected chi connectivity index (χ4v) is 2.45. The summed E-state index contributed by atoms with van der Waals surface area (Å²) in [5.74, 6) is 0.420. The molecule has 0 aliphatic carbocycles. The van der Waals surface area contributed by atoms with Gasteiger partial charge >= 0.3 is 6.16 Å². The van der Waals surface area contributed by atoms with Gasteiger partial charge in [0, 0.05) is 5.69 Å². The van der Waals surface area contributed by atoms with E-state index in [0.717, 1.165) is 11.1 Å². The molecule has 0 heterocycles. The predicted molar refractivity (Wildman–Crippen MR) is 107 cm³/mol. The van der Waals surface area contributed by atoms with E-state index in [2.05, 4.69) is 5.32 Å². The summed E-state index contributed by atoms with van der Waals surface area (Å²) in [7, 11) is 1.58.